The second-order valence-corrected chi connectivity index (χ2v) is 3.59. The van der Waals surface area contributed by atoms with E-state index >= 15 is 0 Å². The van der Waals surface area contributed by atoms with Crippen LogP contribution in [-0.4, -0.2) is 37.1 Å². The minimum absolute atomic E-state index is 0.0456. The molecular weight excluding hydrogens is 238 g/mol. The van der Waals surface area contributed by atoms with Gasteiger partial charge < -0.3 is 10.2 Å². The fourth-order valence-electron chi connectivity index (χ4n) is 1.52. The molecule has 7 nitrogen and oxygen atoms in total. The highest BCUT2D eigenvalue weighted by atomic mass is 16.4. The Balaban J connectivity index is 2.28. The SMILES string of the molecule is O=C(O)c1cccc(Cn2nncc2C(=O)O)c1. The molecular formula is C11H9N3O4. The molecule has 0 atom stereocenters. The van der Waals surface area contributed by atoms with Crippen molar-refractivity contribution in [1.29, 1.82) is 0 Å². The second kappa shape index (κ2) is 4.66. The van der Waals surface area contributed by atoms with Crippen molar-refractivity contribution in [2.75, 3.05) is 0 Å². The summed E-state index contributed by atoms with van der Waals surface area (Å²) in [6.07, 6.45) is 1.14. The first-order valence-corrected chi connectivity index (χ1v) is 5.02. The van der Waals surface area contributed by atoms with Gasteiger partial charge in [0.1, 0.15) is 0 Å². The van der Waals surface area contributed by atoms with Crippen molar-refractivity contribution in [2.45, 2.75) is 6.54 Å². The first-order chi connectivity index (χ1) is 8.58. The molecule has 0 unspecified atom stereocenters. The van der Waals surface area contributed by atoms with Gasteiger partial charge in [0.05, 0.1) is 18.3 Å². The summed E-state index contributed by atoms with van der Waals surface area (Å²) in [4.78, 5) is 21.7. The van der Waals surface area contributed by atoms with Crippen molar-refractivity contribution in [3.05, 3.63) is 47.3 Å². The number of carbonyl (C=O) groups is 2. The third-order valence-electron chi connectivity index (χ3n) is 2.34. The van der Waals surface area contributed by atoms with Crippen LogP contribution in [-0.2, 0) is 6.54 Å². The molecule has 2 rings (SSSR count). The van der Waals surface area contributed by atoms with Gasteiger partial charge in [0.2, 0.25) is 0 Å². The van der Waals surface area contributed by atoms with Crippen molar-refractivity contribution in [1.82, 2.24) is 15.0 Å². The molecule has 0 bridgehead atoms. The lowest BCUT2D eigenvalue weighted by Crippen LogP contribution is -2.11. The second-order valence-electron chi connectivity index (χ2n) is 3.59. The summed E-state index contributed by atoms with van der Waals surface area (Å²) in [5, 5.41) is 24.9. The monoisotopic (exact) mass is 247 g/mol. The summed E-state index contributed by atoms with van der Waals surface area (Å²) in [5.74, 6) is -2.16. The first-order valence-electron chi connectivity index (χ1n) is 5.02. The largest absolute Gasteiger partial charge is 0.478 e. The summed E-state index contributed by atoms with van der Waals surface area (Å²) in [5.41, 5.74) is 0.739. The van der Waals surface area contributed by atoms with Gasteiger partial charge in [-0.3, -0.25) is 0 Å². The smallest absolute Gasteiger partial charge is 0.355 e. The van der Waals surface area contributed by atoms with Crippen molar-refractivity contribution >= 4 is 11.9 Å². The third kappa shape index (κ3) is 2.34. The maximum Gasteiger partial charge on any atom is 0.355 e. The predicted octanol–water partition coefficient (Wildman–Crippen LogP) is 0.723. The lowest BCUT2D eigenvalue weighted by atomic mass is 10.1. The Morgan fingerprint density at radius 1 is 1.22 bits per heavy atom. The van der Waals surface area contributed by atoms with Crippen LogP contribution in [0.15, 0.2) is 30.5 Å². The summed E-state index contributed by atoms with van der Waals surface area (Å²) in [6, 6.07) is 6.22. The zero-order chi connectivity index (χ0) is 13.1. The van der Waals surface area contributed by atoms with Crippen molar-refractivity contribution in [3.8, 4) is 0 Å². The maximum absolute atomic E-state index is 10.9. The molecule has 0 aliphatic carbocycles. The Morgan fingerprint density at radius 3 is 2.67 bits per heavy atom. The number of hydrogen-bond acceptors (Lipinski definition) is 4. The van der Waals surface area contributed by atoms with Gasteiger partial charge in [0.15, 0.2) is 5.69 Å². The minimum atomic E-state index is -1.13. The van der Waals surface area contributed by atoms with Crippen molar-refractivity contribution < 1.29 is 19.8 Å². The molecule has 0 fully saturated rings. The molecule has 1 aromatic heterocycles. The molecule has 0 radical (unpaired) electrons. The number of aromatic carboxylic acids is 2. The number of carboxylic acid groups (broad SMARTS) is 2. The zero-order valence-electron chi connectivity index (χ0n) is 9.15. The molecule has 2 N–H and O–H groups in total. The molecule has 0 spiro atoms. The fourth-order valence-corrected chi connectivity index (χ4v) is 1.52. The number of rotatable bonds is 4. The highest BCUT2D eigenvalue weighted by molar-refractivity contribution is 5.87. The Hall–Kier alpha value is -2.70. The van der Waals surface area contributed by atoms with Gasteiger partial charge in [-0.2, -0.15) is 0 Å². The maximum atomic E-state index is 10.9. The van der Waals surface area contributed by atoms with Crippen LogP contribution in [0.5, 0.6) is 0 Å². The van der Waals surface area contributed by atoms with Crippen LogP contribution in [0, 0.1) is 0 Å². The average Bonchev–Trinajstić information content (AvgIpc) is 2.77. The van der Waals surface area contributed by atoms with E-state index in [1.807, 2.05) is 0 Å². The van der Waals surface area contributed by atoms with Gasteiger partial charge in [0.25, 0.3) is 0 Å². The van der Waals surface area contributed by atoms with Gasteiger partial charge in [0, 0.05) is 0 Å². The minimum Gasteiger partial charge on any atom is -0.478 e. The number of nitrogens with zero attached hydrogens (tertiary/aromatic N) is 3. The molecule has 2 aromatic rings. The fraction of sp³-hybridized carbons (Fsp3) is 0.0909. The molecule has 0 aliphatic heterocycles. The van der Waals surface area contributed by atoms with Gasteiger partial charge in [-0.1, -0.05) is 17.3 Å². The Bertz CT molecular complexity index is 606. The zero-order valence-corrected chi connectivity index (χ0v) is 9.15. The standard InChI is InChI=1S/C11H9N3O4/c15-10(16)8-3-1-2-7(4-8)6-14-9(11(17)18)5-12-13-14/h1-5H,6H2,(H,15,16)(H,17,18). The van der Waals surface area contributed by atoms with E-state index in [-0.39, 0.29) is 17.8 Å². The summed E-state index contributed by atoms with van der Waals surface area (Å²) in [6.45, 7) is 0.156. The number of aromatic nitrogens is 3. The van der Waals surface area contributed by atoms with E-state index in [0.29, 0.717) is 5.56 Å². The first kappa shape index (κ1) is 11.8. The predicted molar refractivity (Wildman–Crippen MR) is 59.5 cm³/mol. The van der Waals surface area contributed by atoms with Crippen LogP contribution in [0.4, 0.5) is 0 Å². The average molecular weight is 247 g/mol. The molecule has 0 saturated heterocycles. The quantitative estimate of drug-likeness (QED) is 0.824. The van der Waals surface area contributed by atoms with Gasteiger partial charge >= 0.3 is 11.9 Å². The number of hydrogen-bond donors (Lipinski definition) is 2. The van der Waals surface area contributed by atoms with Crippen LogP contribution < -0.4 is 0 Å². The lowest BCUT2D eigenvalue weighted by molar-refractivity contribution is 0.0677. The topological polar surface area (TPSA) is 105 Å². The molecule has 18 heavy (non-hydrogen) atoms. The van der Waals surface area contributed by atoms with Crippen LogP contribution in [0.25, 0.3) is 0 Å². The van der Waals surface area contributed by atoms with E-state index in [4.69, 9.17) is 10.2 Å². The van der Waals surface area contributed by atoms with E-state index in [1.54, 1.807) is 12.1 Å². The highest BCUT2D eigenvalue weighted by Gasteiger charge is 2.12. The molecule has 0 saturated carbocycles. The third-order valence-corrected chi connectivity index (χ3v) is 2.34. The van der Waals surface area contributed by atoms with E-state index in [9.17, 15) is 9.59 Å². The Morgan fingerprint density at radius 2 is 2.00 bits per heavy atom. The van der Waals surface area contributed by atoms with E-state index < -0.39 is 11.9 Å². The van der Waals surface area contributed by atoms with E-state index in [2.05, 4.69) is 10.3 Å². The van der Waals surface area contributed by atoms with Gasteiger partial charge in [-0.15, -0.1) is 5.10 Å². The van der Waals surface area contributed by atoms with Crippen LogP contribution in [0.3, 0.4) is 0 Å². The lowest BCUT2D eigenvalue weighted by Gasteiger charge is -2.04. The molecule has 1 heterocycles. The molecule has 0 aliphatic rings. The Kier molecular flexibility index (Phi) is 3.05. The van der Waals surface area contributed by atoms with Crippen molar-refractivity contribution in [3.63, 3.8) is 0 Å². The van der Waals surface area contributed by atoms with Gasteiger partial charge in [-0.25, -0.2) is 14.3 Å². The van der Waals surface area contributed by atoms with Crippen LogP contribution in [0.2, 0.25) is 0 Å². The van der Waals surface area contributed by atoms with E-state index in [0.717, 1.165) is 6.20 Å². The summed E-state index contributed by atoms with van der Waals surface area (Å²) < 4.78 is 1.20. The highest BCUT2D eigenvalue weighted by Crippen LogP contribution is 2.08. The van der Waals surface area contributed by atoms with Gasteiger partial charge in [-0.05, 0) is 17.7 Å². The van der Waals surface area contributed by atoms with Crippen LogP contribution in [0.1, 0.15) is 26.4 Å². The van der Waals surface area contributed by atoms with Crippen molar-refractivity contribution in [2.24, 2.45) is 0 Å². The number of carboxylic acids is 2. The molecule has 0 amide bonds. The normalized spacial score (nSPS) is 10.2. The number of benzene rings is 1. The molecule has 7 heteroatoms. The Labute approximate surface area is 101 Å². The van der Waals surface area contributed by atoms with E-state index in [1.165, 1.54) is 16.8 Å². The summed E-state index contributed by atoms with van der Waals surface area (Å²) in [7, 11) is 0. The van der Waals surface area contributed by atoms with Crippen LogP contribution >= 0.6 is 0 Å². The molecule has 92 valence electrons. The molecule has 1 aromatic carbocycles. The summed E-state index contributed by atoms with van der Waals surface area (Å²) >= 11 is 0.